The van der Waals surface area contributed by atoms with Crippen LogP contribution in [0.25, 0.3) is 0 Å². The summed E-state index contributed by atoms with van der Waals surface area (Å²) in [5, 5.41) is 6.54. The van der Waals surface area contributed by atoms with E-state index in [1.165, 1.54) is 17.0 Å². The molecule has 8 nitrogen and oxygen atoms in total. The van der Waals surface area contributed by atoms with Gasteiger partial charge in [-0.2, -0.15) is 5.10 Å². The van der Waals surface area contributed by atoms with Crippen LogP contribution in [0.5, 0.6) is 0 Å². The van der Waals surface area contributed by atoms with Crippen LogP contribution in [-0.4, -0.2) is 51.5 Å². The second-order valence-electron chi connectivity index (χ2n) is 7.72. The molecule has 0 spiro atoms. The van der Waals surface area contributed by atoms with Gasteiger partial charge in [-0.05, 0) is 49.2 Å². The highest BCUT2D eigenvalue weighted by Crippen LogP contribution is 2.20. The van der Waals surface area contributed by atoms with Gasteiger partial charge in [0.05, 0.1) is 23.1 Å². The zero-order valence-corrected chi connectivity index (χ0v) is 17.8. The van der Waals surface area contributed by atoms with Crippen molar-refractivity contribution in [3.8, 4) is 0 Å². The van der Waals surface area contributed by atoms with Gasteiger partial charge in [-0.1, -0.05) is 6.07 Å². The molecule has 1 aliphatic heterocycles. The standard InChI is InChI=1S/C23H22FN5O3/c1-14-15(2)22(31)27-26-20(14)11-16-5-6-19(24)18(10-16)23(32)28-8-9-29(21(30)13-28)17-4-3-7-25-12-17/h3-7,10,12H,8-9,11,13H2,1-2H3,(H,27,31). The summed E-state index contributed by atoms with van der Waals surface area (Å²) in [6.07, 6.45) is 3.54. The highest BCUT2D eigenvalue weighted by molar-refractivity contribution is 6.01. The van der Waals surface area contributed by atoms with Crippen molar-refractivity contribution in [1.82, 2.24) is 20.1 Å². The number of rotatable bonds is 4. The quantitative estimate of drug-likeness (QED) is 0.676. The number of piperazine rings is 1. The van der Waals surface area contributed by atoms with Crippen LogP contribution in [0, 0.1) is 19.7 Å². The van der Waals surface area contributed by atoms with Crippen molar-refractivity contribution in [1.29, 1.82) is 0 Å². The number of hydrogen-bond acceptors (Lipinski definition) is 5. The summed E-state index contributed by atoms with van der Waals surface area (Å²) < 4.78 is 14.5. The Morgan fingerprint density at radius 1 is 1.16 bits per heavy atom. The molecule has 9 heteroatoms. The van der Waals surface area contributed by atoms with Gasteiger partial charge in [0.25, 0.3) is 11.5 Å². The Balaban J connectivity index is 1.53. The molecule has 164 valence electrons. The maximum absolute atomic E-state index is 14.5. The Hall–Kier alpha value is -3.88. The van der Waals surface area contributed by atoms with Crippen molar-refractivity contribution in [2.75, 3.05) is 24.5 Å². The molecule has 1 aromatic carbocycles. The number of carbonyl (C=O) groups excluding carboxylic acids is 2. The lowest BCUT2D eigenvalue weighted by Crippen LogP contribution is -2.52. The predicted molar refractivity (Wildman–Crippen MR) is 116 cm³/mol. The van der Waals surface area contributed by atoms with Crippen molar-refractivity contribution >= 4 is 17.5 Å². The van der Waals surface area contributed by atoms with E-state index < -0.39 is 11.7 Å². The number of amides is 2. The van der Waals surface area contributed by atoms with Crippen molar-refractivity contribution in [2.45, 2.75) is 20.3 Å². The van der Waals surface area contributed by atoms with Crippen LogP contribution >= 0.6 is 0 Å². The number of H-pyrrole nitrogens is 1. The number of benzene rings is 1. The Morgan fingerprint density at radius 2 is 1.97 bits per heavy atom. The van der Waals surface area contributed by atoms with Gasteiger partial charge >= 0.3 is 0 Å². The van der Waals surface area contributed by atoms with E-state index in [1.54, 1.807) is 49.3 Å². The number of nitrogens with zero attached hydrogens (tertiary/aromatic N) is 4. The summed E-state index contributed by atoms with van der Waals surface area (Å²) in [4.78, 5) is 44.3. The number of anilines is 1. The Bertz CT molecular complexity index is 1240. The van der Waals surface area contributed by atoms with E-state index in [2.05, 4.69) is 15.2 Å². The van der Waals surface area contributed by atoms with Gasteiger partial charge in [0, 0.05) is 31.3 Å². The minimum absolute atomic E-state index is 0.0936. The topological polar surface area (TPSA) is 99.3 Å². The van der Waals surface area contributed by atoms with E-state index in [-0.39, 0.29) is 30.1 Å². The average Bonchev–Trinajstić information content (AvgIpc) is 2.80. The first-order valence-corrected chi connectivity index (χ1v) is 10.2. The maximum atomic E-state index is 14.5. The molecular formula is C23H22FN5O3. The van der Waals surface area contributed by atoms with Gasteiger partial charge in [-0.3, -0.25) is 19.4 Å². The molecule has 1 N–H and O–H groups in total. The van der Waals surface area contributed by atoms with Crippen molar-refractivity contribution in [3.05, 3.63) is 86.8 Å². The molecule has 0 aliphatic carbocycles. The van der Waals surface area contributed by atoms with Crippen LogP contribution in [0.15, 0.2) is 47.5 Å². The normalized spacial score (nSPS) is 14.0. The molecule has 0 radical (unpaired) electrons. The van der Waals surface area contributed by atoms with Crippen LogP contribution in [0.3, 0.4) is 0 Å². The summed E-state index contributed by atoms with van der Waals surface area (Å²) >= 11 is 0. The minimum Gasteiger partial charge on any atom is -0.327 e. The molecule has 0 saturated carbocycles. The molecule has 2 amide bonds. The number of halogens is 1. The first-order chi connectivity index (χ1) is 15.3. The molecule has 1 fully saturated rings. The smallest absolute Gasteiger partial charge is 0.267 e. The van der Waals surface area contributed by atoms with Gasteiger partial charge in [0.1, 0.15) is 12.4 Å². The first kappa shape index (κ1) is 21.4. The maximum Gasteiger partial charge on any atom is 0.267 e. The third kappa shape index (κ3) is 4.14. The summed E-state index contributed by atoms with van der Waals surface area (Å²) in [5.74, 6) is -1.44. The van der Waals surface area contributed by atoms with E-state index >= 15 is 0 Å². The zero-order chi connectivity index (χ0) is 22.8. The van der Waals surface area contributed by atoms with E-state index in [4.69, 9.17) is 0 Å². The fourth-order valence-electron chi connectivity index (χ4n) is 3.69. The van der Waals surface area contributed by atoms with Gasteiger partial charge in [-0.15, -0.1) is 0 Å². The van der Waals surface area contributed by atoms with Crippen molar-refractivity contribution in [3.63, 3.8) is 0 Å². The third-order valence-corrected chi connectivity index (χ3v) is 5.73. The first-order valence-electron chi connectivity index (χ1n) is 10.2. The van der Waals surface area contributed by atoms with Crippen LogP contribution in [0.1, 0.15) is 32.7 Å². The average molecular weight is 435 g/mol. The Kier molecular flexibility index (Phi) is 5.81. The number of pyridine rings is 1. The second kappa shape index (κ2) is 8.70. The summed E-state index contributed by atoms with van der Waals surface area (Å²) in [6.45, 7) is 3.95. The number of aromatic amines is 1. The zero-order valence-electron chi connectivity index (χ0n) is 17.8. The second-order valence-corrected chi connectivity index (χ2v) is 7.72. The fourth-order valence-corrected chi connectivity index (χ4v) is 3.69. The molecule has 1 saturated heterocycles. The Labute approximate surface area is 183 Å². The van der Waals surface area contributed by atoms with E-state index in [0.717, 1.165) is 5.56 Å². The fraction of sp³-hybridized carbons (Fsp3) is 0.261. The van der Waals surface area contributed by atoms with Crippen LogP contribution in [0.4, 0.5) is 10.1 Å². The SMILES string of the molecule is Cc1c(Cc2ccc(F)c(C(=O)N3CCN(c4cccnc4)C(=O)C3)c2)n[nH]c(=O)c1C. The lowest BCUT2D eigenvalue weighted by Gasteiger charge is -2.34. The molecule has 4 rings (SSSR count). The lowest BCUT2D eigenvalue weighted by molar-refractivity contribution is -0.120. The van der Waals surface area contributed by atoms with E-state index in [1.807, 2.05) is 0 Å². The summed E-state index contributed by atoms with van der Waals surface area (Å²) in [7, 11) is 0. The van der Waals surface area contributed by atoms with E-state index in [9.17, 15) is 18.8 Å². The molecule has 3 aromatic rings. The Morgan fingerprint density at radius 3 is 2.69 bits per heavy atom. The third-order valence-electron chi connectivity index (χ3n) is 5.73. The molecule has 3 heterocycles. The van der Waals surface area contributed by atoms with Gasteiger partial charge in [0.15, 0.2) is 0 Å². The summed E-state index contributed by atoms with van der Waals surface area (Å²) in [5.41, 5.74) is 2.96. The van der Waals surface area contributed by atoms with Crippen LogP contribution in [0.2, 0.25) is 0 Å². The van der Waals surface area contributed by atoms with E-state index in [0.29, 0.717) is 35.5 Å². The molecule has 32 heavy (non-hydrogen) atoms. The summed E-state index contributed by atoms with van der Waals surface area (Å²) in [6, 6.07) is 7.82. The van der Waals surface area contributed by atoms with Gasteiger partial charge in [0.2, 0.25) is 5.91 Å². The highest BCUT2D eigenvalue weighted by atomic mass is 19.1. The van der Waals surface area contributed by atoms with Crippen LogP contribution in [-0.2, 0) is 11.2 Å². The van der Waals surface area contributed by atoms with Crippen molar-refractivity contribution in [2.24, 2.45) is 0 Å². The molecule has 0 atom stereocenters. The van der Waals surface area contributed by atoms with Gasteiger partial charge < -0.3 is 9.80 Å². The highest BCUT2D eigenvalue weighted by Gasteiger charge is 2.30. The molecule has 0 unspecified atom stereocenters. The lowest BCUT2D eigenvalue weighted by atomic mass is 10.0. The number of carbonyl (C=O) groups is 2. The largest absolute Gasteiger partial charge is 0.327 e. The number of hydrogen-bond donors (Lipinski definition) is 1. The number of aromatic nitrogens is 3. The monoisotopic (exact) mass is 435 g/mol. The molecule has 2 aromatic heterocycles. The van der Waals surface area contributed by atoms with Crippen LogP contribution < -0.4 is 10.5 Å². The molecule has 1 aliphatic rings. The molecule has 0 bridgehead atoms. The number of nitrogens with one attached hydrogen (secondary N) is 1. The minimum atomic E-state index is -0.650. The predicted octanol–water partition coefficient (Wildman–Crippen LogP) is 2.00. The van der Waals surface area contributed by atoms with Gasteiger partial charge in [-0.25, -0.2) is 9.49 Å². The molecular weight excluding hydrogens is 413 g/mol. The van der Waals surface area contributed by atoms with Crippen molar-refractivity contribution < 1.29 is 14.0 Å².